The van der Waals surface area contributed by atoms with Gasteiger partial charge in [-0.3, -0.25) is 0 Å². The number of carbonyl (C=O) groups is 1. The maximum atomic E-state index is 11.1. The summed E-state index contributed by atoms with van der Waals surface area (Å²) in [6, 6.07) is -0.0879. The lowest BCUT2D eigenvalue weighted by atomic mass is 10.2. The molecule has 5 heteroatoms. The summed E-state index contributed by atoms with van der Waals surface area (Å²) < 4.78 is 10.3. The van der Waals surface area contributed by atoms with Crippen LogP contribution in [0.4, 0.5) is 4.79 Å². The van der Waals surface area contributed by atoms with Gasteiger partial charge in [0, 0.05) is 20.6 Å². The number of carbonyl (C=O) groups excluding carboxylic acids is 1. The van der Waals surface area contributed by atoms with Crippen molar-refractivity contribution in [2.75, 3.05) is 34.0 Å². The van der Waals surface area contributed by atoms with E-state index in [1.165, 1.54) is 4.90 Å². The first-order valence-corrected chi connectivity index (χ1v) is 4.34. The molecule has 0 aromatic carbocycles. The Hall–Kier alpha value is -0.810. The highest BCUT2D eigenvalue weighted by Gasteiger charge is 2.15. The van der Waals surface area contributed by atoms with Crippen molar-refractivity contribution in [1.82, 2.24) is 10.2 Å². The number of nitrogens with one attached hydrogen (secondary N) is 1. The molecule has 0 aliphatic carbocycles. The van der Waals surface area contributed by atoms with Crippen molar-refractivity contribution in [3.63, 3.8) is 0 Å². The molecule has 1 atom stereocenters. The quantitative estimate of drug-likeness (QED) is 0.664. The highest BCUT2D eigenvalue weighted by atomic mass is 16.7. The van der Waals surface area contributed by atoms with Gasteiger partial charge in [0.1, 0.15) is 6.79 Å². The Kier molecular flexibility index (Phi) is 3.98. The summed E-state index contributed by atoms with van der Waals surface area (Å²) in [6.45, 7) is 1.60. The van der Waals surface area contributed by atoms with Crippen LogP contribution in [0.3, 0.4) is 0 Å². The molecule has 1 saturated heterocycles. The third kappa shape index (κ3) is 3.61. The molecule has 0 radical (unpaired) electrons. The van der Waals surface area contributed by atoms with Crippen molar-refractivity contribution in [3.05, 3.63) is 0 Å². The van der Waals surface area contributed by atoms with Crippen molar-refractivity contribution >= 4 is 6.03 Å². The van der Waals surface area contributed by atoms with Crippen molar-refractivity contribution in [2.24, 2.45) is 0 Å². The monoisotopic (exact) mass is 188 g/mol. The zero-order valence-electron chi connectivity index (χ0n) is 8.08. The molecule has 1 N–H and O–H groups in total. The maximum absolute atomic E-state index is 11.1. The molecular formula is C8H16N2O3. The fraction of sp³-hybridized carbons (Fsp3) is 0.875. The Bertz CT molecular complexity index is 167. The number of urea groups is 1. The smallest absolute Gasteiger partial charge is 0.316 e. The largest absolute Gasteiger partial charge is 0.355 e. The Labute approximate surface area is 78.0 Å². The summed E-state index contributed by atoms with van der Waals surface area (Å²) in [5.41, 5.74) is 0. The first-order valence-electron chi connectivity index (χ1n) is 4.34. The normalized spacial score (nSPS) is 22.5. The highest BCUT2D eigenvalue weighted by Crippen LogP contribution is 2.04. The van der Waals surface area contributed by atoms with E-state index in [1.54, 1.807) is 14.1 Å². The number of amides is 2. The van der Waals surface area contributed by atoms with Crippen molar-refractivity contribution in [2.45, 2.75) is 12.5 Å². The van der Waals surface area contributed by atoms with Crippen LogP contribution in [0, 0.1) is 0 Å². The van der Waals surface area contributed by atoms with Gasteiger partial charge in [0.15, 0.2) is 0 Å². The standard InChI is InChI=1S/C8H16N2O3/c1-10(2)8(11)9-5-7-3-4-12-6-13-7/h7H,3-6H2,1-2H3,(H,9,11). The molecule has 0 aromatic rings. The van der Waals surface area contributed by atoms with Gasteiger partial charge in [-0.25, -0.2) is 4.79 Å². The molecule has 13 heavy (non-hydrogen) atoms. The zero-order valence-corrected chi connectivity index (χ0v) is 8.08. The predicted octanol–water partition coefficient (Wildman–Crippen LogP) is 0.0206. The lowest BCUT2D eigenvalue weighted by Gasteiger charge is -2.23. The molecule has 1 aliphatic heterocycles. The van der Waals surface area contributed by atoms with E-state index >= 15 is 0 Å². The molecule has 1 unspecified atom stereocenters. The van der Waals surface area contributed by atoms with Crippen molar-refractivity contribution < 1.29 is 14.3 Å². The topological polar surface area (TPSA) is 50.8 Å². The lowest BCUT2D eigenvalue weighted by Crippen LogP contribution is -2.41. The van der Waals surface area contributed by atoms with Gasteiger partial charge < -0.3 is 19.7 Å². The van der Waals surface area contributed by atoms with Gasteiger partial charge in [-0.05, 0) is 6.42 Å². The summed E-state index contributed by atoms with van der Waals surface area (Å²) in [6.07, 6.45) is 0.936. The van der Waals surface area contributed by atoms with Crippen molar-refractivity contribution in [3.8, 4) is 0 Å². The molecular weight excluding hydrogens is 172 g/mol. The van der Waals surface area contributed by atoms with E-state index in [-0.39, 0.29) is 12.1 Å². The average Bonchev–Trinajstić information content (AvgIpc) is 2.15. The van der Waals surface area contributed by atoms with Crippen LogP contribution in [0.2, 0.25) is 0 Å². The van der Waals surface area contributed by atoms with E-state index in [0.717, 1.165) is 6.42 Å². The van der Waals surface area contributed by atoms with Crippen LogP contribution < -0.4 is 5.32 Å². The second-order valence-corrected chi connectivity index (χ2v) is 3.18. The van der Waals surface area contributed by atoms with Crippen LogP contribution in [0.1, 0.15) is 6.42 Å². The first kappa shape index (κ1) is 10.3. The van der Waals surface area contributed by atoms with E-state index in [1.807, 2.05) is 0 Å². The van der Waals surface area contributed by atoms with Crippen LogP contribution >= 0.6 is 0 Å². The fourth-order valence-corrected chi connectivity index (χ4v) is 1.02. The summed E-state index contributed by atoms with van der Waals surface area (Å²) >= 11 is 0. The number of nitrogens with zero attached hydrogens (tertiary/aromatic N) is 1. The third-order valence-corrected chi connectivity index (χ3v) is 1.86. The van der Waals surface area contributed by atoms with E-state index in [0.29, 0.717) is 19.9 Å². The van der Waals surface area contributed by atoms with Gasteiger partial charge in [-0.2, -0.15) is 0 Å². The van der Waals surface area contributed by atoms with Gasteiger partial charge in [-0.1, -0.05) is 0 Å². The SMILES string of the molecule is CN(C)C(=O)NCC1CCOCO1. The van der Waals surface area contributed by atoms with Gasteiger partial charge in [-0.15, -0.1) is 0 Å². The Balaban J connectivity index is 2.13. The summed E-state index contributed by atoms with van der Waals surface area (Å²) in [4.78, 5) is 12.6. The Morgan fingerprint density at radius 3 is 2.92 bits per heavy atom. The second-order valence-electron chi connectivity index (χ2n) is 3.18. The molecule has 0 spiro atoms. The van der Waals surface area contributed by atoms with E-state index in [9.17, 15) is 4.79 Å². The van der Waals surface area contributed by atoms with E-state index < -0.39 is 0 Å². The van der Waals surface area contributed by atoms with Crippen LogP contribution in [0.25, 0.3) is 0 Å². The minimum Gasteiger partial charge on any atom is -0.355 e. The maximum Gasteiger partial charge on any atom is 0.316 e. The molecule has 1 aliphatic rings. The van der Waals surface area contributed by atoms with E-state index in [2.05, 4.69) is 5.32 Å². The molecule has 1 fully saturated rings. The number of rotatable bonds is 2. The van der Waals surface area contributed by atoms with Crippen LogP contribution in [-0.4, -0.2) is 51.1 Å². The summed E-state index contributed by atoms with van der Waals surface area (Å²) in [7, 11) is 3.42. The summed E-state index contributed by atoms with van der Waals surface area (Å²) in [5, 5.41) is 2.76. The minimum atomic E-state index is -0.0879. The molecule has 0 bridgehead atoms. The predicted molar refractivity (Wildman–Crippen MR) is 47.4 cm³/mol. The number of hydrogen-bond donors (Lipinski definition) is 1. The van der Waals surface area contributed by atoms with Gasteiger partial charge in [0.25, 0.3) is 0 Å². The van der Waals surface area contributed by atoms with Crippen LogP contribution in [-0.2, 0) is 9.47 Å². The second kappa shape index (κ2) is 5.04. The third-order valence-electron chi connectivity index (χ3n) is 1.86. The Morgan fingerprint density at radius 2 is 2.38 bits per heavy atom. The molecule has 1 heterocycles. The van der Waals surface area contributed by atoms with Crippen molar-refractivity contribution in [1.29, 1.82) is 0 Å². The average molecular weight is 188 g/mol. The number of hydrogen-bond acceptors (Lipinski definition) is 3. The zero-order chi connectivity index (χ0) is 9.68. The highest BCUT2D eigenvalue weighted by molar-refractivity contribution is 5.73. The molecule has 2 amide bonds. The van der Waals surface area contributed by atoms with Crippen LogP contribution in [0.5, 0.6) is 0 Å². The first-order chi connectivity index (χ1) is 6.20. The number of ether oxygens (including phenoxy) is 2. The molecule has 5 nitrogen and oxygen atoms in total. The molecule has 76 valence electrons. The summed E-state index contributed by atoms with van der Waals surface area (Å²) in [5.74, 6) is 0. The van der Waals surface area contributed by atoms with Gasteiger partial charge >= 0.3 is 6.03 Å². The fourth-order valence-electron chi connectivity index (χ4n) is 1.02. The molecule has 0 aromatic heterocycles. The lowest BCUT2D eigenvalue weighted by molar-refractivity contribution is -0.136. The minimum absolute atomic E-state index is 0.0879. The van der Waals surface area contributed by atoms with Crippen LogP contribution in [0.15, 0.2) is 0 Å². The molecule has 0 saturated carbocycles. The molecule has 1 rings (SSSR count). The van der Waals surface area contributed by atoms with Gasteiger partial charge in [0.2, 0.25) is 0 Å². The Morgan fingerprint density at radius 1 is 1.62 bits per heavy atom. The van der Waals surface area contributed by atoms with E-state index in [4.69, 9.17) is 9.47 Å². The van der Waals surface area contributed by atoms with Gasteiger partial charge in [0.05, 0.1) is 12.7 Å².